The quantitative estimate of drug-likeness (QED) is 0.516. The lowest BCUT2D eigenvalue weighted by Gasteiger charge is -2.08. The highest BCUT2D eigenvalue weighted by atomic mass is 35.5. The Hall–Kier alpha value is -1.13. The Morgan fingerprint density at radius 2 is 1.52 bits per heavy atom. The van der Waals surface area contributed by atoms with E-state index in [9.17, 15) is 0 Å². The van der Waals surface area contributed by atoms with Crippen LogP contribution in [-0.2, 0) is 0 Å². The van der Waals surface area contributed by atoms with Crippen LogP contribution < -0.4 is 0 Å². The first-order valence-electron chi connectivity index (χ1n) is 6.09. The molecule has 106 valence electrons. The number of thiophene rings is 1. The van der Waals surface area contributed by atoms with Crippen LogP contribution in [0.1, 0.15) is 5.56 Å². The summed E-state index contributed by atoms with van der Waals surface area (Å²) in [6, 6.07) is 9.25. The van der Waals surface area contributed by atoms with Gasteiger partial charge >= 0.3 is 0 Å². The van der Waals surface area contributed by atoms with E-state index in [0.29, 0.717) is 26.7 Å². The molecule has 0 saturated heterocycles. The molecule has 0 radical (unpaired) electrons. The predicted octanol–water partition coefficient (Wildman–Crippen LogP) is 6.14. The van der Waals surface area contributed by atoms with Crippen LogP contribution in [0, 0.1) is 6.92 Å². The second kappa shape index (κ2) is 5.93. The first-order valence-corrected chi connectivity index (χ1v) is 8.11. The minimum absolute atomic E-state index is 0.333. The number of aryl methyl sites for hydroxylation is 1. The summed E-state index contributed by atoms with van der Waals surface area (Å²) in [5.74, 6) is 0.551. The van der Waals surface area contributed by atoms with Crippen LogP contribution in [0.15, 0.2) is 35.7 Å². The summed E-state index contributed by atoms with van der Waals surface area (Å²) in [4.78, 5) is 9.74. The molecule has 6 heteroatoms. The molecule has 0 atom stereocenters. The van der Waals surface area contributed by atoms with Gasteiger partial charge < -0.3 is 0 Å². The lowest BCUT2D eigenvalue weighted by molar-refractivity contribution is 1.18. The molecule has 0 aliphatic rings. The molecule has 0 aliphatic heterocycles. The van der Waals surface area contributed by atoms with E-state index in [0.717, 1.165) is 16.0 Å². The van der Waals surface area contributed by atoms with E-state index in [-0.39, 0.29) is 0 Å². The highest BCUT2D eigenvalue weighted by molar-refractivity contribution is 7.13. The van der Waals surface area contributed by atoms with E-state index in [4.69, 9.17) is 34.8 Å². The molecule has 3 rings (SSSR count). The van der Waals surface area contributed by atoms with Crippen LogP contribution in [0.5, 0.6) is 0 Å². The van der Waals surface area contributed by atoms with Crippen LogP contribution in [-0.4, -0.2) is 9.97 Å². The first kappa shape index (κ1) is 14.8. The molecule has 1 aromatic carbocycles. The summed E-state index contributed by atoms with van der Waals surface area (Å²) in [5.41, 5.74) is 2.56. The predicted molar refractivity (Wildman–Crippen MR) is 90.5 cm³/mol. The Bertz CT molecular complexity index is 774. The van der Waals surface area contributed by atoms with Crippen LogP contribution in [0.25, 0.3) is 21.8 Å². The van der Waals surface area contributed by atoms with Crippen molar-refractivity contribution in [1.29, 1.82) is 0 Å². The molecule has 0 unspecified atom stereocenters. The lowest BCUT2D eigenvalue weighted by Crippen LogP contribution is -1.94. The van der Waals surface area contributed by atoms with Crippen molar-refractivity contribution in [3.63, 3.8) is 0 Å². The number of hydrogen-bond acceptors (Lipinski definition) is 3. The zero-order valence-electron chi connectivity index (χ0n) is 10.9. The van der Waals surface area contributed by atoms with E-state index in [1.807, 2.05) is 30.5 Å². The maximum Gasteiger partial charge on any atom is 0.172 e. The number of aromatic nitrogens is 2. The molecular formula is C15H9Cl3N2S. The fourth-order valence-corrected chi connectivity index (χ4v) is 3.56. The summed E-state index contributed by atoms with van der Waals surface area (Å²) in [6.07, 6.45) is 0. The van der Waals surface area contributed by atoms with E-state index in [1.54, 1.807) is 23.5 Å². The highest BCUT2D eigenvalue weighted by Crippen LogP contribution is 2.36. The Morgan fingerprint density at radius 3 is 2.05 bits per heavy atom. The van der Waals surface area contributed by atoms with Crippen molar-refractivity contribution in [1.82, 2.24) is 9.97 Å². The molecule has 0 amide bonds. The Morgan fingerprint density at radius 1 is 0.905 bits per heavy atom. The topological polar surface area (TPSA) is 25.8 Å². The largest absolute Gasteiger partial charge is 0.215 e. The van der Waals surface area contributed by atoms with Gasteiger partial charge in [0, 0.05) is 5.02 Å². The van der Waals surface area contributed by atoms with Crippen LogP contribution >= 0.6 is 46.1 Å². The monoisotopic (exact) mass is 354 g/mol. The van der Waals surface area contributed by atoms with Gasteiger partial charge in [-0.1, -0.05) is 46.9 Å². The standard InChI is InChI=1S/C15H9Cl3N2S/c1-8-6-7-21-12(8)15-19-13(17)11(14(18)20-15)9-2-4-10(16)5-3-9/h2-7H,1H3. The molecule has 2 aromatic heterocycles. The maximum absolute atomic E-state index is 6.31. The van der Waals surface area contributed by atoms with Crippen molar-refractivity contribution in [2.75, 3.05) is 0 Å². The van der Waals surface area contributed by atoms with Crippen molar-refractivity contribution in [3.8, 4) is 21.8 Å². The van der Waals surface area contributed by atoms with Crippen molar-refractivity contribution < 1.29 is 0 Å². The van der Waals surface area contributed by atoms with Gasteiger partial charge in [-0.05, 0) is 41.6 Å². The van der Waals surface area contributed by atoms with Gasteiger partial charge in [0.25, 0.3) is 0 Å². The van der Waals surface area contributed by atoms with Crippen molar-refractivity contribution in [2.45, 2.75) is 6.92 Å². The van der Waals surface area contributed by atoms with Gasteiger partial charge in [0.15, 0.2) is 5.82 Å². The second-order valence-electron chi connectivity index (χ2n) is 4.44. The van der Waals surface area contributed by atoms with Gasteiger partial charge in [0.05, 0.1) is 10.4 Å². The van der Waals surface area contributed by atoms with Crippen LogP contribution in [0.4, 0.5) is 0 Å². The summed E-state index contributed by atoms with van der Waals surface area (Å²) in [6.45, 7) is 2.00. The summed E-state index contributed by atoms with van der Waals surface area (Å²) < 4.78 is 0. The first-order chi connectivity index (χ1) is 10.1. The average Bonchev–Trinajstić information content (AvgIpc) is 2.86. The molecule has 0 bridgehead atoms. The molecule has 0 fully saturated rings. The van der Waals surface area contributed by atoms with Gasteiger partial charge in [-0.15, -0.1) is 11.3 Å². The van der Waals surface area contributed by atoms with E-state index in [1.165, 1.54) is 0 Å². The molecule has 0 spiro atoms. The zero-order chi connectivity index (χ0) is 15.0. The average molecular weight is 356 g/mol. The van der Waals surface area contributed by atoms with Crippen LogP contribution in [0.2, 0.25) is 15.3 Å². The smallest absolute Gasteiger partial charge is 0.172 e. The molecular weight excluding hydrogens is 347 g/mol. The minimum Gasteiger partial charge on any atom is -0.215 e. The Labute approximate surface area is 141 Å². The third-order valence-corrected chi connectivity index (χ3v) is 4.83. The van der Waals surface area contributed by atoms with E-state index in [2.05, 4.69) is 9.97 Å². The maximum atomic E-state index is 6.31. The molecule has 0 saturated carbocycles. The van der Waals surface area contributed by atoms with Gasteiger partial charge in [-0.25, -0.2) is 9.97 Å². The van der Waals surface area contributed by atoms with Gasteiger partial charge in [0.2, 0.25) is 0 Å². The second-order valence-corrected chi connectivity index (χ2v) is 6.51. The molecule has 3 aromatic rings. The SMILES string of the molecule is Cc1ccsc1-c1nc(Cl)c(-c2ccc(Cl)cc2)c(Cl)n1. The fraction of sp³-hybridized carbons (Fsp3) is 0.0667. The van der Waals surface area contributed by atoms with Crippen molar-refractivity contribution in [2.24, 2.45) is 0 Å². The summed E-state index contributed by atoms with van der Waals surface area (Å²) in [5, 5.41) is 3.31. The third-order valence-electron chi connectivity index (χ3n) is 3.02. The summed E-state index contributed by atoms with van der Waals surface area (Å²) in [7, 11) is 0. The Kier molecular flexibility index (Phi) is 4.18. The summed E-state index contributed by atoms with van der Waals surface area (Å²) >= 11 is 20.1. The van der Waals surface area contributed by atoms with E-state index >= 15 is 0 Å². The fourth-order valence-electron chi connectivity index (χ4n) is 1.97. The number of benzene rings is 1. The number of nitrogens with zero attached hydrogens (tertiary/aromatic N) is 2. The zero-order valence-corrected chi connectivity index (χ0v) is 14.0. The molecule has 2 nitrogen and oxygen atoms in total. The molecule has 0 N–H and O–H groups in total. The number of halogens is 3. The number of rotatable bonds is 2. The van der Waals surface area contributed by atoms with Crippen molar-refractivity contribution in [3.05, 3.63) is 56.6 Å². The van der Waals surface area contributed by atoms with Gasteiger partial charge in [-0.2, -0.15) is 0 Å². The van der Waals surface area contributed by atoms with Crippen LogP contribution in [0.3, 0.4) is 0 Å². The third kappa shape index (κ3) is 2.92. The molecule has 0 aliphatic carbocycles. The van der Waals surface area contributed by atoms with Gasteiger partial charge in [-0.3, -0.25) is 0 Å². The highest BCUT2D eigenvalue weighted by Gasteiger charge is 2.16. The van der Waals surface area contributed by atoms with Gasteiger partial charge in [0.1, 0.15) is 10.3 Å². The lowest BCUT2D eigenvalue weighted by atomic mass is 10.1. The molecule has 2 heterocycles. The Balaban J connectivity index is 2.13. The van der Waals surface area contributed by atoms with E-state index < -0.39 is 0 Å². The number of hydrogen-bond donors (Lipinski definition) is 0. The van der Waals surface area contributed by atoms with Crippen molar-refractivity contribution >= 4 is 46.1 Å². The minimum atomic E-state index is 0.333. The molecule has 21 heavy (non-hydrogen) atoms. The normalized spacial score (nSPS) is 10.9.